The van der Waals surface area contributed by atoms with Crippen molar-refractivity contribution in [2.24, 2.45) is 5.92 Å². The third-order valence-electron chi connectivity index (χ3n) is 6.65. The zero-order valence-corrected chi connectivity index (χ0v) is 25.0. The molecule has 0 saturated heterocycles. The van der Waals surface area contributed by atoms with E-state index in [1.807, 2.05) is 38.1 Å². The summed E-state index contributed by atoms with van der Waals surface area (Å²) in [5, 5.41) is 6.06. The monoisotopic (exact) mass is 621 g/mol. The molecular formula is C29H32BrN7O2S. The highest BCUT2D eigenvalue weighted by molar-refractivity contribution is 9.10. The molecule has 1 saturated carbocycles. The molecule has 2 amide bonds. The number of carbonyl (C=O) groups is 1. The van der Waals surface area contributed by atoms with Gasteiger partial charge in [0, 0.05) is 34.7 Å². The van der Waals surface area contributed by atoms with Crippen molar-refractivity contribution >= 4 is 38.4 Å². The maximum absolute atomic E-state index is 12.2. The number of urea groups is 1. The number of aromatic nitrogens is 5. The second kappa shape index (κ2) is 13.3. The van der Waals surface area contributed by atoms with Crippen LogP contribution in [0.15, 0.2) is 53.5 Å². The molecule has 4 aromatic rings. The molecule has 0 radical (unpaired) electrons. The first-order valence-corrected chi connectivity index (χ1v) is 15.2. The molecule has 5 rings (SSSR count). The fourth-order valence-electron chi connectivity index (χ4n) is 4.70. The Kier molecular flexibility index (Phi) is 9.33. The molecule has 1 aromatic carbocycles. The van der Waals surface area contributed by atoms with Gasteiger partial charge in [-0.25, -0.2) is 24.7 Å². The molecule has 0 spiro atoms. The van der Waals surface area contributed by atoms with Crippen LogP contribution in [-0.2, 0) is 0 Å². The molecule has 1 fully saturated rings. The van der Waals surface area contributed by atoms with Crippen LogP contribution in [0.5, 0.6) is 5.75 Å². The molecule has 0 bridgehead atoms. The maximum atomic E-state index is 12.2. The summed E-state index contributed by atoms with van der Waals surface area (Å²) < 4.78 is 7.07. The highest BCUT2D eigenvalue weighted by Crippen LogP contribution is 2.36. The van der Waals surface area contributed by atoms with Gasteiger partial charge in [-0.3, -0.25) is 10.3 Å². The van der Waals surface area contributed by atoms with Gasteiger partial charge in [0.1, 0.15) is 11.4 Å². The molecule has 3 aromatic heterocycles. The number of benzene rings is 1. The summed E-state index contributed by atoms with van der Waals surface area (Å²) in [5.41, 5.74) is 2.80. The molecule has 11 heteroatoms. The fourth-order valence-corrected chi connectivity index (χ4v) is 5.92. The number of ether oxygens (including phenoxy) is 1. The average Bonchev–Trinajstić information content (AvgIpc) is 3.42. The van der Waals surface area contributed by atoms with E-state index in [1.54, 1.807) is 24.8 Å². The zero-order valence-electron chi connectivity index (χ0n) is 22.6. The summed E-state index contributed by atoms with van der Waals surface area (Å²) in [6.07, 6.45) is 14.3. The highest BCUT2D eigenvalue weighted by Gasteiger charge is 2.17. The van der Waals surface area contributed by atoms with Gasteiger partial charge in [0.2, 0.25) is 0 Å². The number of amides is 2. The van der Waals surface area contributed by atoms with E-state index in [0.717, 1.165) is 33.0 Å². The fraction of sp³-hybridized carbons (Fsp3) is 0.379. The van der Waals surface area contributed by atoms with Crippen molar-refractivity contribution < 1.29 is 9.53 Å². The molecule has 208 valence electrons. The number of carbonyl (C=O) groups excluding carboxylic acids is 1. The summed E-state index contributed by atoms with van der Waals surface area (Å²) in [7, 11) is 0. The van der Waals surface area contributed by atoms with Crippen LogP contribution in [-0.4, -0.2) is 43.6 Å². The zero-order chi connectivity index (χ0) is 27.9. The van der Waals surface area contributed by atoms with Crippen LogP contribution < -0.4 is 15.4 Å². The first-order valence-electron chi connectivity index (χ1n) is 13.6. The van der Waals surface area contributed by atoms with Crippen LogP contribution in [0.1, 0.15) is 52.4 Å². The van der Waals surface area contributed by atoms with Gasteiger partial charge < -0.3 is 10.1 Å². The standard InChI is InChI=1S/C29H32BrN7O2S/c1-18(2)34-28(38)37-29-33-17-26(40-29)24-15-23(35-27(36-24)25-16-31-11-12-32-25)21-14-20(8-9-22(21)30)39-13-10-19-6-4-3-5-7-19/h8-9,11-12,14-19H,3-7,10,13H2,1-2H3,(H2,33,34,37,38). The SMILES string of the molecule is CC(C)NC(=O)Nc1ncc(-c2cc(-c3cc(OCCC4CCCCC4)ccc3Br)nc(-c3cnccn3)n2)s1. The van der Waals surface area contributed by atoms with E-state index in [2.05, 4.69) is 41.5 Å². The van der Waals surface area contributed by atoms with E-state index in [9.17, 15) is 4.79 Å². The lowest BCUT2D eigenvalue weighted by atomic mass is 9.87. The molecule has 1 aliphatic carbocycles. The van der Waals surface area contributed by atoms with E-state index >= 15 is 0 Å². The predicted molar refractivity (Wildman–Crippen MR) is 161 cm³/mol. The van der Waals surface area contributed by atoms with E-state index < -0.39 is 0 Å². The van der Waals surface area contributed by atoms with Crippen LogP contribution in [0.3, 0.4) is 0 Å². The molecule has 0 aliphatic heterocycles. The summed E-state index contributed by atoms with van der Waals surface area (Å²) in [6, 6.07) is 7.60. The topological polar surface area (TPSA) is 115 Å². The van der Waals surface area contributed by atoms with E-state index in [0.29, 0.717) is 34.6 Å². The lowest BCUT2D eigenvalue weighted by Gasteiger charge is -2.21. The Morgan fingerprint density at radius 2 is 1.88 bits per heavy atom. The number of halogens is 1. The number of rotatable bonds is 9. The van der Waals surface area contributed by atoms with Gasteiger partial charge >= 0.3 is 6.03 Å². The molecule has 40 heavy (non-hydrogen) atoms. The van der Waals surface area contributed by atoms with Crippen LogP contribution in [0.2, 0.25) is 0 Å². The van der Waals surface area contributed by atoms with Gasteiger partial charge in [0.25, 0.3) is 0 Å². The number of hydrogen-bond acceptors (Lipinski definition) is 8. The Labute approximate surface area is 246 Å². The normalized spacial score (nSPS) is 13.8. The number of thiazole rings is 1. The van der Waals surface area contributed by atoms with Crippen LogP contribution in [0, 0.1) is 5.92 Å². The number of nitrogens with zero attached hydrogens (tertiary/aromatic N) is 5. The van der Waals surface area contributed by atoms with Crippen molar-refractivity contribution in [1.29, 1.82) is 0 Å². The second-order valence-corrected chi connectivity index (χ2v) is 12.0. The minimum atomic E-state index is -0.302. The highest BCUT2D eigenvalue weighted by atomic mass is 79.9. The number of anilines is 1. The molecule has 2 N–H and O–H groups in total. The van der Waals surface area contributed by atoms with E-state index in [-0.39, 0.29) is 12.1 Å². The lowest BCUT2D eigenvalue weighted by Crippen LogP contribution is -2.34. The maximum Gasteiger partial charge on any atom is 0.321 e. The van der Waals surface area contributed by atoms with Gasteiger partial charge in [-0.1, -0.05) is 59.4 Å². The average molecular weight is 623 g/mol. The molecular weight excluding hydrogens is 590 g/mol. The minimum absolute atomic E-state index is 0.0174. The summed E-state index contributed by atoms with van der Waals surface area (Å²) in [4.78, 5) is 35.6. The van der Waals surface area contributed by atoms with Gasteiger partial charge in [-0.05, 0) is 50.5 Å². The third-order valence-corrected chi connectivity index (χ3v) is 8.28. The van der Waals surface area contributed by atoms with Crippen LogP contribution >= 0.6 is 27.3 Å². The minimum Gasteiger partial charge on any atom is -0.494 e. The Morgan fingerprint density at radius 3 is 2.65 bits per heavy atom. The molecule has 0 atom stereocenters. The van der Waals surface area contributed by atoms with Gasteiger partial charge in [-0.15, -0.1) is 0 Å². The van der Waals surface area contributed by atoms with Gasteiger partial charge in [0.15, 0.2) is 11.0 Å². The van der Waals surface area contributed by atoms with Crippen molar-refractivity contribution in [1.82, 2.24) is 30.2 Å². The smallest absolute Gasteiger partial charge is 0.321 e. The van der Waals surface area contributed by atoms with Crippen molar-refractivity contribution in [3.8, 4) is 39.1 Å². The summed E-state index contributed by atoms with van der Waals surface area (Å²) in [6.45, 7) is 4.50. The lowest BCUT2D eigenvalue weighted by molar-refractivity contribution is 0.246. The first kappa shape index (κ1) is 28.1. The van der Waals surface area contributed by atoms with Crippen molar-refractivity contribution in [2.75, 3.05) is 11.9 Å². The van der Waals surface area contributed by atoms with Crippen molar-refractivity contribution in [2.45, 2.75) is 58.4 Å². The molecule has 1 aliphatic rings. The van der Waals surface area contributed by atoms with Gasteiger partial charge in [-0.2, -0.15) is 0 Å². The van der Waals surface area contributed by atoms with Gasteiger partial charge in [0.05, 0.1) is 29.1 Å². The Bertz CT molecular complexity index is 1440. The predicted octanol–water partition coefficient (Wildman–Crippen LogP) is 7.37. The van der Waals surface area contributed by atoms with E-state index in [1.165, 1.54) is 43.4 Å². The summed E-state index contributed by atoms with van der Waals surface area (Å²) >= 11 is 5.04. The Morgan fingerprint density at radius 1 is 1.05 bits per heavy atom. The molecule has 0 unspecified atom stereocenters. The summed E-state index contributed by atoms with van der Waals surface area (Å²) in [5.74, 6) is 2.00. The largest absolute Gasteiger partial charge is 0.494 e. The van der Waals surface area contributed by atoms with Crippen molar-refractivity contribution in [3.63, 3.8) is 0 Å². The Balaban J connectivity index is 1.43. The first-order chi connectivity index (χ1) is 19.4. The van der Waals surface area contributed by atoms with Crippen LogP contribution in [0.25, 0.3) is 33.3 Å². The van der Waals surface area contributed by atoms with Crippen molar-refractivity contribution in [3.05, 3.63) is 53.5 Å². The van der Waals surface area contributed by atoms with E-state index in [4.69, 9.17) is 14.7 Å². The molecule has 3 heterocycles. The Hall–Kier alpha value is -3.44. The second-order valence-electron chi connectivity index (χ2n) is 10.1. The quantitative estimate of drug-likeness (QED) is 0.200. The third kappa shape index (κ3) is 7.39. The number of hydrogen-bond donors (Lipinski definition) is 2. The van der Waals surface area contributed by atoms with Crippen LogP contribution in [0.4, 0.5) is 9.93 Å². The molecule has 9 nitrogen and oxygen atoms in total. The number of nitrogens with one attached hydrogen (secondary N) is 2.